The lowest BCUT2D eigenvalue weighted by Crippen LogP contribution is -2.39. The molecule has 6 rings (SSSR count). The Bertz CT molecular complexity index is 1300. The van der Waals surface area contributed by atoms with Crippen LogP contribution in [-0.2, 0) is 14.3 Å². The third-order valence-electron chi connectivity index (χ3n) is 7.01. The number of hydrogen-bond acceptors (Lipinski definition) is 6. The van der Waals surface area contributed by atoms with E-state index in [0.29, 0.717) is 22.3 Å². The number of aromatic nitrogens is 2. The maximum absolute atomic E-state index is 13.7. The van der Waals surface area contributed by atoms with Gasteiger partial charge in [0.2, 0.25) is 0 Å². The zero-order valence-electron chi connectivity index (χ0n) is 18.7. The van der Waals surface area contributed by atoms with E-state index < -0.39 is 6.04 Å². The summed E-state index contributed by atoms with van der Waals surface area (Å²) in [5.41, 5.74) is 3.18. The summed E-state index contributed by atoms with van der Waals surface area (Å²) in [6.07, 6.45) is 5.15. The molecular weight excluding hydrogens is 434 g/mol. The molecule has 0 spiro atoms. The fourth-order valence-electron chi connectivity index (χ4n) is 5.25. The van der Waals surface area contributed by atoms with Crippen LogP contribution in [-0.4, -0.2) is 27.8 Å². The third kappa shape index (κ3) is 3.21. The zero-order chi connectivity index (χ0) is 22.7. The van der Waals surface area contributed by atoms with Crippen LogP contribution in [0.2, 0.25) is 0 Å². The minimum absolute atomic E-state index is 0.0376. The zero-order valence-corrected chi connectivity index (χ0v) is 19.5. The van der Waals surface area contributed by atoms with Crippen molar-refractivity contribution in [3.8, 4) is 0 Å². The van der Waals surface area contributed by atoms with Gasteiger partial charge < -0.3 is 4.74 Å². The van der Waals surface area contributed by atoms with Gasteiger partial charge in [0.1, 0.15) is 12.1 Å². The number of Topliss-reactive ketones (excluding diaryl/α,β-unsaturated/α-hetero) is 1. The second-order valence-electron chi connectivity index (χ2n) is 9.36. The predicted octanol–water partition coefficient (Wildman–Crippen LogP) is 5.31. The van der Waals surface area contributed by atoms with Crippen molar-refractivity contribution in [1.82, 2.24) is 9.97 Å². The topological polar surface area (TPSA) is 72.4 Å². The molecule has 1 saturated carbocycles. The molecule has 2 aliphatic heterocycles. The molecule has 1 aliphatic carbocycles. The smallest absolute Gasteiger partial charge is 0.296 e. The van der Waals surface area contributed by atoms with E-state index in [0.717, 1.165) is 35.9 Å². The van der Waals surface area contributed by atoms with Gasteiger partial charge in [-0.25, -0.2) is 4.98 Å². The minimum Gasteiger partial charge on any atom is -0.483 e. The van der Waals surface area contributed by atoms with Crippen LogP contribution in [0.15, 0.2) is 53.9 Å². The maximum atomic E-state index is 13.7. The van der Waals surface area contributed by atoms with E-state index in [4.69, 9.17) is 9.72 Å². The summed E-state index contributed by atoms with van der Waals surface area (Å²) in [5, 5.41) is 0.570. The molecule has 3 aliphatic rings. The number of ketones is 1. The molecule has 2 aromatic heterocycles. The number of carbonyl (C=O) groups is 2. The van der Waals surface area contributed by atoms with Crippen LogP contribution < -0.4 is 4.90 Å². The predicted molar refractivity (Wildman–Crippen MR) is 127 cm³/mol. The quantitative estimate of drug-likeness (QED) is 0.530. The van der Waals surface area contributed by atoms with Crippen LogP contribution in [0, 0.1) is 5.92 Å². The number of benzene rings is 1. The highest BCUT2D eigenvalue weighted by molar-refractivity contribution is 7.22. The van der Waals surface area contributed by atoms with Crippen molar-refractivity contribution in [3.63, 3.8) is 0 Å². The lowest BCUT2D eigenvalue weighted by Gasteiger charge is -2.35. The van der Waals surface area contributed by atoms with E-state index in [-0.39, 0.29) is 29.5 Å². The summed E-state index contributed by atoms with van der Waals surface area (Å²) in [4.78, 5) is 38.4. The van der Waals surface area contributed by atoms with Crippen molar-refractivity contribution in [3.05, 3.63) is 65.2 Å². The summed E-state index contributed by atoms with van der Waals surface area (Å²) in [6.45, 7) is 4.31. The Kier molecular flexibility index (Phi) is 4.83. The number of nitrogens with zero attached hydrogens (tertiary/aromatic N) is 3. The van der Waals surface area contributed by atoms with Crippen molar-refractivity contribution < 1.29 is 14.3 Å². The first kappa shape index (κ1) is 20.5. The van der Waals surface area contributed by atoms with Crippen LogP contribution in [0.1, 0.15) is 62.7 Å². The molecule has 4 heterocycles. The van der Waals surface area contributed by atoms with E-state index in [9.17, 15) is 9.59 Å². The Morgan fingerprint density at radius 3 is 2.76 bits per heavy atom. The monoisotopic (exact) mass is 459 g/mol. The molecule has 7 heteroatoms. The van der Waals surface area contributed by atoms with E-state index in [1.54, 1.807) is 11.1 Å². The van der Waals surface area contributed by atoms with Gasteiger partial charge in [-0.1, -0.05) is 43.7 Å². The van der Waals surface area contributed by atoms with Gasteiger partial charge in [-0.2, -0.15) is 0 Å². The van der Waals surface area contributed by atoms with E-state index in [1.165, 1.54) is 16.9 Å². The Morgan fingerprint density at radius 2 is 1.97 bits per heavy atom. The number of amides is 1. The molecule has 1 aromatic carbocycles. The highest BCUT2D eigenvalue weighted by Gasteiger charge is 2.53. The molecule has 168 valence electrons. The van der Waals surface area contributed by atoms with Gasteiger partial charge in [0.15, 0.2) is 16.7 Å². The summed E-state index contributed by atoms with van der Waals surface area (Å²) in [6, 6.07) is 11.2. The fourth-order valence-corrected chi connectivity index (χ4v) is 6.29. The molecule has 3 aromatic rings. The number of anilines is 1. The molecular formula is C26H25N3O3S. The van der Waals surface area contributed by atoms with Crippen molar-refractivity contribution in [2.24, 2.45) is 5.92 Å². The highest BCUT2D eigenvalue weighted by Crippen LogP contribution is 2.49. The number of ether oxygens (including phenoxy) is 1. The van der Waals surface area contributed by atoms with Gasteiger partial charge in [0.05, 0.1) is 27.4 Å². The van der Waals surface area contributed by atoms with E-state index in [2.05, 4.69) is 31.0 Å². The third-order valence-corrected chi connectivity index (χ3v) is 8.02. The average Bonchev–Trinajstić information content (AvgIpc) is 3.38. The SMILES string of the molecule is CC(C)c1ccc2nc(N3C(=O)C4=C(C(=O)C5CCCCC5O4)C3c3ccccn3)sc2c1. The molecule has 0 radical (unpaired) electrons. The largest absolute Gasteiger partial charge is 0.483 e. The van der Waals surface area contributed by atoms with Gasteiger partial charge in [-0.05, 0) is 55.0 Å². The second kappa shape index (κ2) is 7.76. The average molecular weight is 460 g/mol. The number of fused-ring (bicyclic) bond motifs is 2. The van der Waals surface area contributed by atoms with Crippen molar-refractivity contribution >= 4 is 38.4 Å². The van der Waals surface area contributed by atoms with Gasteiger partial charge in [0, 0.05) is 6.20 Å². The highest BCUT2D eigenvalue weighted by atomic mass is 32.1. The first-order valence-electron chi connectivity index (χ1n) is 11.6. The molecule has 0 N–H and O–H groups in total. The Labute approximate surface area is 196 Å². The first-order chi connectivity index (χ1) is 16.0. The molecule has 1 amide bonds. The van der Waals surface area contributed by atoms with Crippen LogP contribution in [0.4, 0.5) is 5.13 Å². The van der Waals surface area contributed by atoms with Crippen LogP contribution in [0.3, 0.4) is 0 Å². The number of pyridine rings is 1. The number of thiazole rings is 1. The Morgan fingerprint density at radius 1 is 1.12 bits per heavy atom. The van der Waals surface area contributed by atoms with Gasteiger partial charge in [-0.15, -0.1) is 0 Å². The normalized spacial score (nSPS) is 24.9. The lowest BCUT2D eigenvalue weighted by atomic mass is 9.78. The molecule has 6 nitrogen and oxygen atoms in total. The van der Waals surface area contributed by atoms with Gasteiger partial charge >= 0.3 is 0 Å². The summed E-state index contributed by atoms with van der Waals surface area (Å²) < 4.78 is 7.26. The number of carbonyl (C=O) groups excluding carboxylic acids is 2. The number of hydrogen-bond donors (Lipinski definition) is 0. The lowest BCUT2D eigenvalue weighted by molar-refractivity contribution is -0.131. The van der Waals surface area contributed by atoms with E-state index >= 15 is 0 Å². The maximum Gasteiger partial charge on any atom is 0.296 e. The van der Waals surface area contributed by atoms with Crippen molar-refractivity contribution in [1.29, 1.82) is 0 Å². The molecule has 0 saturated heterocycles. The molecule has 1 fully saturated rings. The minimum atomic E-state index is -0.616. The van der Waals surface area contributed by atoms with Crippen LogP contribution in [0.5, 0.6) is 0 Å². The summed E-state index contributed by atoms with van der Waals surface area (Å²) in [5.74, 6) is 0.163. The number of rotatable bonds is 3. The van der Waals surface area contributed by atoms with Crippen molar-refractivity contribution in [2.45, 2.75) is 57.6 Å². The molecule has 3 atom stereocenters. The fraction of sp³-hybridized carbons (Fsp3) is 0.385. The molecule has 3 unspecified atom stereocenters. The molecule has 33 heavy (non-hydrogen) atoms. The second-order valence-corrected chi connectivity index (χ2v) is 10.4. The summed E-state index contributed by atoms with van der Waals surface area (Å²) >= 11 is 1.47. The van der Waals surface area contributed by atoms with Gasteiger partial charge in [0.25, 0.3) is 5.91 Å². The molecule has 0 bridgehead atoms. The summed E-state index contributed by atoms with van der Waals surface area (Å²) in [7, 11) is 0. The first-order valence-corrected chi connectivity index (χ1v) is 12.4. The standard InChI is InChI=1S/C26H25N3O3S/c1-14(2)15-10-11-17-20(13-15)33-26(28-17)29-22(18-8-5-6-12-27-18)21-23(30)16-7-3-4-9-19(16)32-24(21)25(29)31/h5-6,8,10-14,16,19,22H,3-4,7,9H2,1-2H3. The Balaban J connectivity index is 1.49. The Hall–Kier alpha value is -3.06. The van der Waals surface area contributed by atoms with Gasteiger partial charge in [-0.3, -0.25) is 19.5 Å². The van der Waals surface area contributed by atoms with Crippen LogP contribution >= 0.6 is 11.3 Å². The van der Waals surface area contributed by atoms with Crippen LogP contribution in [0.25, 0.3) is 10.2 Å². The van der Waals surface area contributed by atoms with E-state index in [1.807, 2.05) is 24.3 Å². The van der Waals surface area contributed by atoms with Crippen molar-refractivity contribution in [2.75, 3.05) is 4.90 Å².